The number of aryl methyl sites for hydroxylation is 1. The van der Waals surface area contributed by atoms with Crippen LogP contribution in [0.1, 0.15) is 26.3 Å². The van der Waals surface area contributed by atoms with Gasteiger partial charge in [0.15, 0.2) is 0 Å². The van der Waals surface area contributed by atoms with Gasteiger partial charge in [0.25, 0.3) is 10.2 Å². The molecule has 0 bridgehead atoms. The van der Waals surface area contributed by atoms with Crippen molar-refractivity contribution in [3.8, 4) is 0 Å². The van der Waals surface area contributed by atoms with Gasteiger partial charge in [-0.05, 0) is 50.5 Å². The molecule has 2 rings (SSSR count). The Morgan fingerprint density at radius 3 is 2.58 bits per heavy atom. The van der Waals surface area contributed by atoms with Crippen molar-refractivity contribution in [1.82, 2.24) is 9.03 Å². The van der Waals surface area contributed by atoms with Gasteiger partial charge in [0, 0.05) is 24.8 Å². The van der Waals surface area contributed by atoms with Gasteiger partial charge in [-0.25, -0.2) is 4.39 Å². The predicted octanol–water partition coefficient (Wildman–Crippen LogP) is 1.88. The van der Waals surface area contributed by atoms with Gasteiger partial charge in [-0.15, -0.1) is 0 Å². The molecule has 2 N–H and O–H groups in total. The van der Waals surface area contributed by atoms with Gasteiger partial charge in [0.05, 0.1) is 5.92 Å². The number of halogens is 1. The van der Waals surface area contributed by atoms with E-state index >= 15 is 0 Å². The molecule has 1 fully saturated rings. The molecule has 6 nitrogen and oxygen atoms in total. The lowest BCUT2D eigenvalue weighted by Gasteiger charge is -2.18. The number of amides is 1. The fraction of sp³-hybridized carbons (Fsp3) is 0.562. The number of hydrogen-bond acceptors (Lipinski definition) is 3. The number of carbonyl (C=O) groups excluding carboxylic acids is 1. The third kappa shape index (κ3) is 4.31. The van der Waals surface area contributed by atoms with Crippen molar-refractivity contribution in [3.63, 3.8) is 0 Å². The molecule has 1 aliphatic rings. The van der Waals surface area contributed by atoms with Crippen molar-refractivity contribution < 1.29 is 17.6 Å². The molecule has 24 heavy (non-hydrogen) atoms. The number of benzene rings is 1. The zero-order valence-electron chi connectivity index (χ0n) is 14.3. The first kappa shape index (κ1) is 18.8. The summed E-state index contributed by atoms with van der Waals surface area (Å²) in [5.41, 5.74) is 0.949. The Balaban J connectivity index is 2.06. The molecule has 1 aliphatic heterocycles. The Bertz CT molecular complexity index is 721. The van der Waals surface area contributed by atoms with Crippen molar-refractivity contribution in [3.05, 3.63) is 29.6 Å². The summed E-state index contributed by atoms with van der Waals surface area (Å²) in [5, 5.41) is 2.75. The second-order valence-corrected chi connectivity index (χ2v) is 8.33. The molecular formula is C16H24FN3O3S. The topological polar surface area (TPSA) is 78.5 Å². The molecule has 1 heterocycles. The molecule has 1 aromatic rings. The van der Waals surface area contributed by atoms with Gasteiger partial charge >= 0.3 is 0 Å². The highest BCUT2D eigenvalue weighted by molar-refractivity contribution is 7.87. The maximum atomic E-state index is 13.3. The minimum absolute atomic E-state index is 0.102. The number of nitrogens with zero attached hydrogens (tertiary/aromatic N) is 1. The number of rotatable bonds is 5. The molecule has 0 saturated carbocycles. The van der Waals surface area contributed by atoms with Crippen LogP contribution in [-0.4, -0.2) is 37.8 Å². The van der Waals surface area contributed by atoms with Gasteiger partial charge in [-0.3, -0.25) is 4.79 Å². The summed E-state index contributed by atoms with van der Waals surface area (Å²) < 4.78 is 41.6. The molecule has 134 valence electrons. The SMILES string of the molecule is Cc1cc(NC(=O)[C@H]2CN(S(=O)(=O)NC(C)C)C[C@@H]2C)ccc1F. The highest BCUT2D eigenvalue weighted by Crippen LogP contribution is 2.26. The zero-order valence-corrected chi connectivity index (χ0v) is 15.2. The molecule has 2 atom stereocenters. The summed E-state index contributed by atoms with van der Waals surface area (Å²) in [6, 6.07) is 4.14. The fourth-order valence-corrected chi connectivity index (χ4v) is 4.32. The summed E-state index contributed by atoms with van der Waals surface area (Å²) in [6.07, 6.45) is 0. The van der Waals surface area contributed by atoms with Crippen LogP contribution in [0.3, 0.4) is 0 Å². The summed E-state index contributed by atoms with van der Waals surface area (Å²) in [6.45, 7) is 7.40. The first-order chi connectivity index (χ1) is 11.1. The van der Waals surface area contributed by atoms with Gasteiger partial charge in [-0.2, -0.15) is 17.4 Å². The second-order valence-electron chi connectivity index (χ2n) is 6.63. The average molecular weight is 357 g/mol. The molecule has 1 aromatic carbocycles. The summed E-state index contributed by atoms with van der Waals surface area (Å²) in [4.78, 5) is 12.5. The highest BCUT2D eigenvalue weighted by atomic mass is 32.2. The van der Waals surface area contributed by atoms with E-state index in [1.54, 1.807) is 26.8 Å². The van der Waals surface area contributed by atoms with Crippen LogP contribution in [0.5, 0.6) is 0 Å². The Hall–Kier alpha value is -1.51. The number of carbonyl (C=O) groups is 1. The molecule has 0 unspecified atom stereocenters. The highest BCUT2D eigenvalue weighted by Gasteiger charge is 2.40. The molecule has 0 spiro atoms. The summed E-state index contributed by atoms with van der Waals surface area (Å²) in [5.74, 6) is -1.13. The average Bonchev–Trinajstić information content (AvgIpc) is 2.84. The Morgan fingerprint density at radius 2 is 2.00 bits per heavy atom. The maximum Gasteiger partial charge on any atom is 0.279 e. The largest absolute Gasteiger partial charge is 0.326 e. The molecule has 0 radical (unpaired) electrons. The summed E-state index contributed by atoms with van der Waals surface area (Å²) in [7, 11) is -3.59. The third-order valence-electron chi connectivity index (χ3n) is 4.07. The molecule has 0 aromatic heterocycles. The Labute approximate surface area is 142 Å². The molecule has 8 heteroatoms. The van der Waals surface area contributed by atoms with E-state index in [0.717, 1.165) is 0 Å². The lowest BCUT2D eigenvalue weighted by Crippen LogP contribution is -2.43. The van der Waals surface area contributed by atoms with Crippen LogP contribution in [0, 0.1) is 24.6 Å². The standard InChI is InChI=1S/C16H24FN3O3S/c1-10(2)19-24(22,23)20-8-12(4)14(9-20)16(21)18-13-5-6-15(17)11(3)7-13/h5-7,10,12,14,19H,8-9H2,1-4H3,(H,18,21)/t12-,14-/m0/s1. The maximum absolute atomic E-state index is 13.3. The number of hydrogen-bond donors (Lipinski definition) is 2. The van der Waals surface area contributed by atoms with Gasteiger partial charge in [-0.1, -0.05) is 6.92 Å². The van der Waals surface area contributed by atoms with E-state index in [2.05, 4.69) is 10.0 Å². The first-order valence-corrected chi connectivity index (χ1v) is 9.38. The van der Waals surface area contributed by atoms with Crippen molar-refractivity contribution in [2.75, 3.05) is 18.4 Å². The fourth-order valence-electron chi connectivity index (χ4n) is 2.79. The van der Waals surface area contributed by atoms with Crippen LogP contribution in [-0.2, 0) is 15.0 Å². The smallest absolute Gasteiger partial charge is 0.279 e. The lowest BCUT2D eigenvalue weighted by molar-refractivity contribution is -0.120. The number of nitrogens with one attached hydrogen (secondary N) is 2. The molecule has 1 amide bonds. The minimum atomic E-state index is -3.59. The van der Waals surface area contributed by atoms with E-state index in [1.807, 2.05) is 6.92 Å². The van der Waals surface area contributed by atoms with Crippen LogP contribution < -0.4 is 10.0 Å². The Kier molecular flexibility index (Phi) is 5.62. The Morgan fingerprint density at radius 1 is 1.33 bits per heavy atom. The molecule has 0 aliphatic carbocycles. The first-order valence-electron chi connectivity index (χ1n) is 7.94. The van der Waals surface area contributed by atoms with Crippen molar-refractivity contribution in [1.29, 1.82) is 0 Å². The van der Waals surface area contributed by atoms with Crippen LogP contribution in [0.15, 0.2) is 18.2 Å². The van der Waals surface area contributed by atoms with Gasteiger partial charge < -0.3 is 5.32 Å². The van der Waals surface area contributed by atoms with E-state index in [4.69, 9.17) is 0 Å². The second kappa shape index (κ2) is 7.16. The minimum Gasteiger partial charge on any atom is -0.326 e. The monoisotopic (exact) mass is 357 g/mol. The van der Waals surface area contributed by atoms with Crippen molar-refractivity contribution in [2.24, 2.45) is 11.8 Å². The van der Waals surface area contributed by atoms with Gasteiger partial charge in [0.2, 0.25) is 5.91 Å². The van der Waals surface area contributed by atoms with Crippen LogP contribution in [0.4, 0.5) is 10.1 Å². The third-order valence-corrected chi connectivity index (χ3v) is 5.81. The quantitative estimate of drug-likeness (QED) is 0.845. The van der Waals surface area contributed by atoms with E-state index in [9.17, 15) is 17.6 Å². The van der Waals surface area contributed by atoms with Gasteiger partial charge in [0.1, 0.15) is 5.82 Å². The van der Waals surface area contributed by atoms with E-state index in [-0.39, 0.29) is 30.2 Å². The predicted molar refractivity (Wildman–Crippen MR) is 91.2 cm³/mol. The molecule has 1 saturated heterocycles. The van der Waals surface area contributed by atoms with Crippen molar-refractivity contribution in [2.45, 2.75) is 33.7 Å². The normalized spacial score (nSPS) is 22.1. The number of anilines is 1. The summed E-state index contributed by atoms with van der Waals surface area (Å²) >= 11 is 0. The van der Waals surface area contributed by atoms with Crippen LogP contribution in [0.2, 0.25) is 0 Å². The van der Waals surface area contributed by atoms with E-state index in [1.165, 1.54) is 16.4 Å². The lowest BCUT2D eigenvalue weighted by atomic mass is 9.97. The van der Waals surface area contributed by atoms with E-state index in [0.29, 0.717) is 17.8 Å². The van der Waals surface area contributed by atoms with Crippen LogP contribution in [0.25, 0.3) is 0 Å². The van der Waals surface area contributed by atoms with Crippen LogP contribution >= 0.6 is 0 Å². The van der Waals surface area contributed by atoms with E-state index < -0.39 is 16.1 Å². The van der Waals surface area contributed by atoms with Crippen molar-refractivity contribution >= 4 is 21.8 Å². The molecular weight excluding hydrogens is 333 g/mol. The zero-order chi connectivity index (χ0) is 18.1.